The highest BCUT2D eigenvalue weighted by atomic mass is 35.5. The molecule has 1 aliphatic carbocycles. The molecule has 1 saturated carbocycles. The van der Waals surface area contributed by atoms with E-state index in [2.05, 4.69) is 43.4 Å². The van der Waals surface area contributed by atoms with Gasteiger partial charge in [0.25, 0.3) is 0 Å². The third kappa shape index (κ3) is 4.81. The zero-order valence-corrected chi connectivity index (χ0v) is 12.9. The highest BCUT2D eigenvalue weighted by Crippen LogP contribution is 2.27. The molecule has 0 heterocycles. The standard InChI is InChI=1S/C17H26ClN/c1-13(2)16-8-6-14(7-9-16)11-19-12-15-4-3-5-17(18)10-15/h6-9,13,15,17,19H,3-5,10-12H2,1-2H3. The van der Waals surface area contributed by atoms with E-state index < -0.39 is 0 Å². The number of nitrogens with one attached hydrogen (secondary N) is 1. The Balaban J connectivity index is 1.73. The summed E-state index contributed by atoms with van der Waals surface area (Å²) in [6.07, 6.45) is 5.02. The van der Waals surface area contributed by atoms with Crippen LogP contribution in [0.15, 0.2) is 24.3 Å². The minimum Gasteiger partial charge on any atom is -0.312 e. The lowest BCUT2D eigenvalue weighted by Gasteiger charge is -2.25. The molecule has 1 nitrogen and oxygen atoms in total. The summed E-state index contributed by atoms with van der Waals surface area (Å²) in [4.78, 5) is 0. The van der Waals surface area contributed by atoms with Crippen LogP contribution < -0.4 is 5.32 Å². The van der Waals surface area contributed by atoms with Gasteiger partial charge >= 0.3 is 0 Å². The van der Waals surface area contributed by atoms with E-state index in [1.807, 2.05) is 0 Å². The molecule has 2 rings (SSSR count). The van der Waals surface area contributed by atoms with Gasteiger partial charge in [-0.05, 0) is 48.8 Å². The SMILES string of the molecule is CC(C)c1ccc(CNCC2CCCC(Cl)C2)cc1. The monoisotopic (exact) mass is 279 g/mol. The van der Waals surface area contributed by atoms with Crippen LogP contribution >= 0.6 is 11.6 Å². The predicted molar refractivity (Wildman–Crippen MR) is 83.8 cm³/mol. The van der Waals surface area contributed by atoms with Crippen LogP contribution in [0.4, 0.5) is 0 Å². The van der Waals surface area contributed by atoms with Gasteiger partial charge in [-0.1, -0.05) is 44.5 Å². The third-order valence-electron chi connectivity index (χ3n) is 4.13. The molecular formula is C17H26ClN. The van der Waals surface area contributed by atoms with Gasteiger partial charge in [-0.25, -0.2) is 0 Å². The molecule has 1 aromatic carbocycles. The van der Waals surface area contributed by atoms with Gasteiger partial charge in [0.1, 0.15) is 0 Å². The van der Waals surface area contributed by atoms with Gasteiger partial charge < -0.3 is 5.32 Å². The van der Waals surface area contributed by atoms with Gasteiger partial charge in [-0.2, -0.15) is 0 Å². The van der Waals surface area contributed by atoms with Crippen LogP contribution in [0.1, 0.15) is 56.6 Å². The number of hydrogen-bond acceptors (Lipinski definition) is 1. The van der Waals surface area contributed by atoms with Crippen molar-refractivity contribution in [2.75, 3.05) is 6.54 Å². The summed E-state index contributed by atoms with van der Waals surface area (Å²) >= 11 is 6.23. The average Bonchev–Trinajstić information content (AvgIpc) is 2.39. The van der Waals surface area contributed by atoms with Crippen molar-refractivity contribution < 1.29 is 0 Å². The molecule has 0 bridgehead atoms. The van der Waals surface area contributed by atoms with Crippen molar-refractivity contribution >= 4 is 11.6 Å². The molecular weight excluding hydrogens is 254 g/mol. The van der Waals surface area contributed by atoms with Gasteiger partial charge in [0.15, 0.2) is 0 Å². The normalized spacial score (nSPS) is 23.8. The summed E-state index contributed by atoms with van der Waals surface area (Å²) in [6.45, 7) is 6.55. The van der Waals surface area contributed by atoms with Gasteiger partial charge in [0.05, 0.1) is 0 Å². The molecule has 0 spiro atoms. The Kier molecular flexibility index (Phi) is 5.72. The maximum absolute atomic E-state index is 6.23. The van der Waals surface area contributed by atoms with Crippen LogP contribution in [-0.4, -0.2) is 11.9 Å². The van der Waals surface area contributed by atoms with Crippen molar-refractivity contribution in [3.63, 3.8) is 0 Å². The van der Waals surface area contributed by atoms with E-state index in [-0.39, 0.29) is 0 Å². The molecule has 1 aromatic rings. The third-order valence-corrected chi connectivity index (χ3v) is 4.52. The number of alkyl halides is 1. The molecule has 0 amide bonds. The first kappa shape index (κ1) is 14.9. The fraction of sp³-hybridized carbons (Fsp3) is 0.647. The van der Waals surface area contributed by atoms with E-state index >= 15 is 0 Å². The summed E-state index contributed by atoms with van der Waals surface area (Å²) in [5.74, 6) is 1.39. The average molecular weight is 280 g/mol. The maximum Gasteiger partial charge on any atom is 0.0339 e. The van der Waals surface area contributed by atoms with Gasteiger partial charge in [0.2, 0.25) is 0 Å². The molecule has 0 aliphatic heterocycles. The van der Waals surface area contributed by atoms with Crippen LogP contribution in [0.25, 0.3) is 0 Å². The highest BCUT2D eigenvalue weighted by molar-refractivity contribution is 6.20. The smallest absolute Gasteiger partial charge is 0.0339 e. The Hall–Kier alpha value is -0.530. The van der Waals surface area contributed by atoms with E-state index in [4.69, 9.17) is 11.6 Å². The Morgan fingerprint density at radius 2 is 1.95 bits per heavy atom. The van der Waals surface area contributed by atoms with Crippen molar-refractivity contribution in [3.8, 4) is 0 Å². The minimum absolute atomic E-state index is 0.408. The molecule has 1 N–H and O–H groups in total. The van der Waals surface area contributed by atoms with Crippen LogP contribution in [0.2, 0.25) is 0 Å². The molecule has 106 valence electrons. The predicted octanol–water partition coefficient (Wildman–Crippen LogP) is 4.70. The number of halogens is 1. The highest BCUT2D eigenvalue weighted by Gasteiger charge is 2.19. The topological polar surface area (TPSA) is 12.0 Å². The van der Waals surface area contributed by atoms with Crippen molar-refractivity contribution in [1.82, 2.24) is 5.32 Å². The second kappa shape index (κ2) is 7.31. The summed E-state index contributed by atoms with van der Waals surface area (Å²) in [5, 5.41) is 3.99. The Morgan fingerprint density at radius 3 is 2.58 bits per heavy atom. The molecule has 2 unspecified atom stereocenters. The quantitative estimate of drug-likeness (QED) is 0.771. The lowest BCUT2D eigenvalue weighted by Crippen LogP contribution is -2.27. The largest absolute Gasteiger partial charge is 0.312 e. The Morgan fingerprint density at radius 1 is 1.21 bits per heavy atom. The van der Waals surface area contributed by atoms with Gasteiger partial charge in [-0.15, -0.1) is 11.6 Å². The lowest BCUT2D eigenvalue weighted by molar-refractivity contribution is 0.346. The van der Waals surface area contributed by atoms with E-state index in [0.717, 1.165) is 19.0 Å². The molecule has 2 atom stereocenters. The Bertz CT molecular complexity index is 371. The zero-order chi connectivity index (χ0) is 13.7. The second-order valence-corrected chi connectivity index (χ2v) is 6.77. The van der Waals surface area contributed by atoms with E-state index in [0.29, 0.717) is 11.3 Å². The number of rotatable bonds is 5. The first-order valence-corrected chi connectivity index (χ1v) is 8.02. The maximum atomic E-state index is 6.23. The number of benzene rings is 1. The van der Waals surface area contributed by atoms with Crippen molar-refractivity contribution in [2.45, 2.75) is 57.4 Å². The molecule has 0 aromatic heterocycles. The molecule has 19 heavy (non-hydrogen) atoms. The van der Waals surface area contributed by atoms with E-state index in [9.17, 15) is 0 Å². The Labute approximate surface area is 122 Å². The van der Waals surface area contributed by atoms with Gasteiger partial charge in [-0.3, -0.25) is 0 Å². The summed E-state index contributed by atoms with van der Waals surface area (Å²) < 4.78 is 0. The second-order valence-electron chi connectivity index (χ2n) is 6.16. The summed E-state index contributed by atoms with van der Waals surface area (Å²) in [6, 6.07) is 8.98. The van der Waals surface area contributed by atoms with Crippen molar-refractivity contribution in [1.29, 1.82) is 0 Å². The van der Waals surface area contributed by atoms with Crippen LogP contribution in [-0.2, 0) is 6.54 Å². The molecule has 2 heteroatoms. The summed E-state index contributed by atoms with van der Waals surface area (Å²) in [5.41, 5.74) is 2.80. The van der Waals surface area contributed by atoms with Crippen LogP contribution in [0.3, 0.4) is 0 Å². The lowest BCUT2D eigenvalue weighted by atomic mass is 9.89. The zero-order valence-electron chi connectivity index (χ0n) is 12.2. The molecule has 0 radical (unpaired) electrons. The molecule has 1 aliphatic rings. The van der Waals surface area contributed by atoms with E-state index in [1.54, 1.807) is 0 Å². The van der Waals surface area contributed by atoms with Crippen molar-refractivity contribution in [3.05, 3.63) is 35.4 Å². The van der Waals surface area contributed by atoms with Gasteiger partial charge in [0, 0.05) is 11.9 Å². The van der Waals surface area contributed by atoms with Crippen molar-refractivity contribution in [2.24, 2.45) is 5.92 Å². The summed E-state index contributed by atoms with van der Waals surface area (Å²) in [7, 11) is 0. The fourth-order valence-electron chi connectivity index (χ4n) is 2.85. The first-order valence-electron chi connectivity index (χ1n) is 7.58. The van der Waals surface area contributed by atoms with Crippen LogP contribution in [0.5, 0.6) is 0 Å². The molecule has 1 fully saturated rings. The fourth-order valence-corrected chi connectivity index (χ4v) is 3.26. The van der Waals surface area contributed by atoms with E-state index in [1.165, 1.54) is 36.8 Å². The number of hydrogen-bond donors (Lipinski definition) is 1. The first-order chi connectivity index (χ1) is 9.15. The molecule has 0 saturated heterocycles. The van der Waals surface area contributed by atoms with Crippen LogP contribution in [0, 0.1) is 5.92 Å². The minimum atomic E-state index is 0.408.